The first kappa shape index (κ1) is 14.0. The van der Waals surface area contributed by atoms with E-state index in [1.54, 1.807) is 0 Å². The van der Waals surface area contributed by atoms with Crippen LogP contribution in [0.5, 0.6) is 0 Å². The van der Waals surface area contributed by atoms with Crippen LogP contribution in [0.25, 0.3) is 0 Å². The first-order valence-electron chi connectivity index (χ1n) is 5.85. The number of anilines is 1. The molecule has 2 N–H and O–H groups in total. The highest BCUT2D eigenvalue weighted by Gasteiger charge is 2.55. The third kappa shape index (κ3) is 3.14. The lowest BCUT2D eigenvalue weighted by molar-refractivity contribution is -0.201. The molecule has 0 saturated heterocycles. The van der Waals surface area contributed by atoms with Gasteiger partial charge in [-0.25, -0.2) is 4.79 Å². The van der Waals surface area contributed by atoms with Crippen LogP contribution < -0.4 is 10.6 Å². The van der Waals surface area contributed by atoms with Gasteiger partial charge in [-0.05, 0) is 12.8 Å². The SMILES string of the molecule is O=C(Nc1nncs1)NC1(C(F)(F)F)CCCCC1. The van der Waals surface area contributed by atoms with Crippen molar-refractivity contribution in [2.24, 2.45) is 0 Å². The average Bonchev–Trinajstić information content (AvgIpc) is 2.81. The Morgan fingerprint density at radius 1 is 1.32 bits per heavy atom. The number of hydrogen-bond acceptors (Lipinski definition) is 4. The molecule has 9 heteroatoms. The first-order valence-corrected chi connectivity index (χ1v) is 6.73. The van der Waals surface area contributed by atoms with E-state index >= 15 is 0 Å². The number of halogens is 3. The molecule has 0 aromatic carbocycles. The van der Waals surface area contributed by atoms with Crippen molar-refractivity contribution < 1.29 is 18.0 Å². The highest BCUT2D eigenvalue weighted by molar-refractivity contribution is 7.13. The third-order valence-electron chi connectivity index (χ3n) is 3.18. The topological polar surface area (TPSA) is 66.9 Å². The van der Waals surface area contributed by atoms with Gasteiger partial charge in [0, 0.05) is 0 Å². The van der Waals surface area contributed by atoms with Crippen LogP contribution in [0.3, 0.4) is 0 Å². The molecule has 1 aromatic heterocycles. The van der Waals surface area contributed by atoms with Crippen LogP contribution >= 0.6 is 11.3 Å². The fraction of sp³-hybridized carbons (Fsp3) is 0.700. The van der Waals surface area contributed by atoms with Gasteiger partial charge in [-0.3, -0.25) is 5.32 Å². The minimum absolute atomic E-state index is 0.0833. The Morgan fingerprint density at radius 2 is 2.00 bits per heavy atom. The summed E-state index contributed by atoms with van der Waals surface area (Å²) in [6, 6.07) is -0.893. The van der Waals surface area contributed by atoms with Crippen molar-refractivity contribution in [2.75, 3.05) is 5.32 Å². The summed E-state index contributed by atoms with van der Waals surface area (Å²) in [4.78, 5) is 11.6. The van der Waals surface area contributed by atoms with Crippen molar-refractivity contribution in [3.8, 4) is 0 Å². The van der Waals surface area contributed by atoms with Crippen molar-refractivity contribution in [3.63, 3.8) is 0 Å². The van der Waals surface area contributed by atoms with Crippen LogP contribution in [0.1, 0.15) is 32.1 Å². The maximum absolute atomic E-state index is 13.2. The van der Waals surface area contributed by atoms with E-state index in [0.29, 0.717) is 12.8 Å². The van der Waals surface area contributed by atoms with Gasteiger partial charge in [0.25, 0.3) is 0 Å². The molecule has 1 fully saturated rings. The zero-order chi connectivity index (χ0) is 13.9. The summed E-state index contributed by atoms with van der Waals surface area (Å²) in [6.45, 7) is 0. The smallest absolute Gasteiger partial charge is 0.323 e. The fourth-order valence-electron chi connectivity index (χ4n) is 2.21. The van der Waals surface area contributed by atoms with E-state index < -0.39 is 17.7 Å². The van der Waals surface area contributed by atoms with Gasteiger partial charge in [0.2, 0.25) is 5.13 Å². The summed E-state index contributed by atoms with van der Waals surface area (Å²) in [7, 11) is 0. The molecule has 19 heavy (non-hydrogen) atoms. The van der Waals surface area contributed by atoms with Gasteiger partial charge in [-0.1, -0.05) is 30.6 Å². The van der Waals surface area contributed by atoms with Crippen LogP contribution in [0, 0.1) is 0 Å². The Kier molecular flexibility index (Phi) is 3.93. The Morgan fingerprint density at radius 3 is 2.53 bits per heavy atom. The number of urea groups is 1. The molecule has 5 nitrogen and oxygen atoms in total. The van der Waals surface area contributed by atoms with E-state index in [0.717, 1.165) is 17.8 Å². The van der Waals surface area contributed by atoms with Gasteiger partial charge in [-0.2, -0.15) is 13.2 Å². The molecule has 1 aliphatic carbocycles. The van der Waals surface area contributed by atoms with Gasteiger partial charge in [0.15, 0.2) is 0 Å². The summed E-state index contributed by atoms with van der Waals surface area (Å²) in [5.74, 6) is 0. The number of rotatable bonds is 2. The van der Waals surface area contributed by atoms with Crippen LogP contribution in [-0.4, -0.2) is 27.9 Å². The molecule has 1 saturated carbocycles. The number of nitrogens with zero attached hydrogens (tertiary/aromatic N) is 2. The van der Waals surface area contributed by atoms with Crippen LogP contribution in [0.2, 0.25) is 0 Å². The third-order valence-corrected chi connectivity index (χ3v) is 3.79. The zero-order valence-electron chi connectivity index (χ0n) is 9.96. The predicted molar refractivity (Wildman–Crippen MR) is 63.9 cm³/mol. The number of carbonyl (C=O) groups excluding carboxylic acids is 1. The molecule has 0 spiro atoms. The van der Waals surface area contributed by atoms with Gasteiger partial charge >= 0.3 is 12.2 Å². The number of aromatic nitrogens is 2. The van der Waals surface area contributed by atoms with Crippen molar-refractivity contribution in [1.82, 2.24) is 15.5 Å². The second-order valence-corrected chi connectivity index (χ2v) is 5.30. The Bertz CT molecular complexity index is 428. The highest BCUT2D eigenvalue weighted by Crippen LogP contribution is 2.41. The molecule has 1 heterocycles. The number of carbonyl (C=O) groups is 1. The van der Waals surface area contributed by atoms with Crippen LogP contribution in [-0.2, 0) is 0 Å². The predicted octanol–water partition coefficient (Wildman–Crippen LogP) is 2.92. The van der Waals surface area contributed by atoms with Crippen molar-refractivity contribution >= 4 is 22.5 Å². The molecule has 0 radical (unpaired) electrons. The minimum Gasteiger partial charge on any atom is -0.323 e. The summed E-state index contributed by atoms with van der Waals surface area (Å²) in [6.07, 6.45) is -2.94. The van der Waals surface area contributed by atoms with E-state index in [-0.39, 0.29) is 18.0 Å². The molecule has 2 amide bonds. The molecule has 1 aliphatic rings. The first-order chi connectivity index (χ1) is 8.93. The Balaban J connectivity index is 2.06. The second kappa shape index (κ2) is 5.32. The zero-order valence-corrected chi connectivity index (χ0v) is 10.8. The standard InChI is InChI=1S/C10H13F3N4OS/c11-10(12,13)9(4-2-1-3-5-9)16-7(18)15-8-17-14-6-19-8/h6H,1-5H2,(H2,15,16,17,18). The number of hydrogen-bond donors (Lipinski definition) is 2. The van der Waals surface area contributed by atoms with Gasteiger partial charge in [0.1, 0.15) is 11.0 Å². The average molecular weight is 294 g/mol. The van der Waals surface area contributed by atoms with Crippen molar-refractivity contribution in [1.29, 1.82) is 0 Å². The molecule has 1 aromatic rings. The lowest BCUT2D eigenvalue weighted by Gasteiger charge is -2.39. The molecular weight excluding hydrogens is 281 g/mol. The van der Waals surface area contributed by atoms with E-state index in [4.69, 9.17) is 0 Å². The summed E-state index contributed by atoms with van der Waals surface area (Å²) in [5, 5.41) is 11.5. The molecule has 0 bridgehead atoms. The minimum atomic E-state index is -4.45. The maximum Gasteiger partial charge on any atom is 0.411 e. The summed E-state index contributed by atoms with van der Waals surface area (Å²) >= 11 is 1.04. The Labute approximate surface area is 111 Å². The fourth-order valence-corrected chi connectivity index (χ4v) is 2.65. The Hall–Kier alpha value is -1.38. The molecule has 0 unspecified atom stereocenters. The molecule has 2 rings (SSSR count). The van der Waals surface area contributed by atoms with E-state index in [1.165, 1.54) is 5.51 Å². The lowest BCUT2D eigenvalue weighted by atomic mass is 9.81. The number of amides is 2. The molecule has 0 aliphatic heterocycles. The van der Waals surface area contributed by atoms with Crippen molar-refractivity contribution in [3.05, 3.63) is 5.51 Å². The number of nitrogens with one attached hydrogen (secondary N) is 2. The lowest BCUT2D eigenvalue weighted by Crippen LogP contribution is -2.60. The van der Waals surface area contributed by atoms with Crippen LogP contribution in [0.4, 0.5) is 23.1 Å². The van der Waals surface area contributed by atoms with E-state index in [1.807, 2.05) is 0 Å². The van der Waals surface area contributed by atoms with Gasteiger partial charge < -0.3 is 5.32 Å². The van der Waals surface area contributed by atoms with Crippen LogP contribution in [0.15, 0.2) is 5.51 Å². The summed E-state index contributed by atoms with van der Waals surface area (Å²) < 4.78 is 39.5. The quantitative estimate of drug-likeness (QED) is 0.881. The second-order valence-electron chi connectivity index (χ2n) is 4.46. The van der Waals surface area contributed by atoms with Crippen molar-refractivity contribution in [2.45, 2.75) is 43.8 Å². The molecule has 106 valence electrons. The monoisotopic (exact) mass is 294 g/mol. The molecular formula is C10H13F3N4OS. The van der Waals surface area contributed by atoms with E-state index in [9.17, 15) is 18.0 Å². The molecule has 0 atom stereocenters. The van der Waals surface area contributed by atoms with E-state index in [2.05, 4.69) is 20.8 Å². The van der Waals surface area contributed by atoms with Gasteiger partial charge in [0.05, 0.1) is 0 Å². The highest BCUT2D eigenvalue weighted by atomic mass is 32.1. The van der Waals surface area contributed by atoms with Gasteiger partial charge in [-0.15, -0.1) is 10.2 Å². The summed E-state index contributed by atoms with van der Waals surface area (Å²) in [5.41, 5.74) is -0.740. The maximum atomic E-state index is 13.2. The number of alkyl halides is 3. The largest absolute Gasteiger partial charge is 0.411 e. The normalized spacial score (nSPS) is 18.9.